The minimum atomic E-state index is 0. The van der Waals surface area contributed by atoms with Crippen molar-refractivity contribution in [1.82, 2.24) is 0 Å². The standard InChI is InChI=1S/C14H20.CH4/c1-11(2)9-12-7-8-13-5-3-4-6-14(13)10-12;/h7-8,10-11H,3-6,9H2,1-2H3;1H4. The summed E-state index contributed by atoms with van der Waals surface area (Å²) in [5, 5.41) is 0. The predicted octanol–water partition coefficient (Wildman–Crippen LogP) is 4.40. The molecule has 0 saturated carbocycles. The van der Waals surface area contributed by atoms with Crippen LogP contribution in [-0.4, -0.2) is 0 Å². The molecule has 0 nitrogen and oxygen atoms in total. The molecule has 1 aromatic carbocycles. The normalized spacial score (nSPS) is 14.6. The first-order valence-electron chi connectivity index (χ1n) is 5.86. The Bertz CT molecular complexity index is 310. The van der Waals surface area contributed by atoms with E-state index < -0.39 is 0 Å². The number of hydrogen-bond donors (Lipinski definition) is 0. The highest BCUT2D eigenvalue weighted by Gasteiger charge is 2.09. The Labute approximate surface area is 94.7 Å². The lowest BCUT2D eigenvalue weighted by molar-refractivity contribution is 0.641. The Morgan fingerprint density at radius 3 is 2.40 bits per heavy atom. The van der Waals surface area contributed by atoms with Crippen molar-refractivity contribution in [2.24, 2.45) is 5.92 Å². The van der Waals surface area contributed by atoms with E-state index in [2.05, 4.69) is 32.0 Å². The summed E-state index contributed by atoms with van der Waals surface area (Å²) >= 11 is 0. The van der Waals surface area contributed by atoms with Gasteiger partial charge < -0.3 is 0 Å². The Balaban J connectivity index is 0.00000112. The van der Waals surface area contributed by atoms with E-state index in [4.69, 9.17) is 0 Å². The van der Waals surface area contributed by atoms with Crippen molar-refractivity contribution in [3.05, 3.63) is 34.9 Å². The molecule has 84 valence electrons. The van der Waals surface area contributed by atoms with Crippen LogP contribution < -0.4 is 0 Å². The Kier molecular flexibility index (Phi) is 4.38. The van der Waals surface area contributed by atoms with Crippen molar-refractivity contribution >= 4 is 0 Å². The molecule has 0 radical (unpaired) electrons. The Hall–Kier alpha value is -0.780. The van der Waals surface area contributed by atoms with Gasteiger partial charge >= 0.3 is 0 Å². The molecular weight excluding hydrogens is 180 g/mol. The quantitative estimate of drug-likeness (QED) is 0.670. The molecule has 0 bridgehead atoms. The van der Waals surface area contributed by atoms with E-state index in [9.17, 15) is 0 Å². The number of rotatable bonds is 2. The van der Waals surface area contributed by atoms with Crippen LogP contribution in [0.25, 0.3) is 0 Å². The van der Waals surface area contributed by atoms with Gasteiger partial charge in [-0.3, -0.25) is 0 Å². The van der Waals surface area contributed by atoms with Crippen LogP contribution in [0.3, 0.4) is 0 Å². The van der Waals surface area contributed by atoms with Crippen molar-refractivity contribution in [3.63, 3.8) is 0 Å². The summed E-state index contributed by atoms with van der Waals surface area (Å²) in [6.07, 6.45) is 6.61. The van der Waals surface area contributed by atoms with Crippen LogP contribution in [-0.2, 0) is 19.3 Å². The molecule has 0 aliphatic heterocycles. The van der Waals surface area contributed by atoms with Gasteiger partial charge in [0.15, 0.2) is 0 Å². The fourth-order valence-corrected chi connectivity index (χ4v) is 2.39. The monoisotopic (exact) mass is 204 g/mol. The lowest BCUT2D eigenvalue weighted by atomic mass is 9.89. The molecule has 0 unspecified atom stereocenters. The summed E-state index contributed by atoms with van der Waals surface area (Å²) in [4.78, 5) is 0. The van der Waals surface area contributed by atoms with E-state index in [-0.39, 0.29) is 7.43 Å². The number of fused-ring (bicyclic) bond motifs is 1. The molecule has 0 atom stereocenters. The van der Waals surface area contributed by atoms with Gasteiger partial charge in [0.25, 0.3) is 0 Å². The van der Waals surface area contributed by atoms with Gasteiger partial charge in [-0.15, -0.1) is 0 Å². The molecule has 0 heterocycles. The Morgan fingerprint density at radius 1 is 1.07 bits per heavy atom. The van der Waals surface area contributed by atoms with Gasteiger partial charge in [0.1, 0.15) is 0 Å². The minimum absolute atomic E-state index is 0. The fourth-order valence-electron chi connectivity index (χ4n) is 2.39. The summed E-state index contributed by atoms with van der Waals surface area (Å²) in [7, 11) is 0. The van der Waals surface area contributed by atoms with Crippen molar-refractivity contribution in [1.29, 1.82) is 0 Å². The van der Waals surface area contributed by atoms with Gasteiger partial charge in [-0.05, 0) is 54.7 Å². The fraction of sp³-hybridized carbons (Fsp3) is 0.600. The average Bonchev–Trinajstić information content (AvgIpc) is 2.17. The van der Waals surface area contributed by atoms with E-state index in [0.29, 0.717) is 0 Å². The van der Waals surface area contributed by atoms with E-state index in [1.54, 1.807) is 11.1 Å². The maximum absolute atomic E-state index is 2.44. The molecule has 0 saturated heterocycles. The molecule has 0 heteroatoms. The summed E-state index contributed by atoms with van der Waals surface area (Å²) in [6.45, 7) is 4.58. The SMILES string of the molecule is C.CC(C)Cc1ccc2c(c1)CCCC2. The zero-order valence-electron chi connectivity index (χ0n) is 9.34. The van der Waals surface area contributed by atoms with Crippen LogP contribution in [0.1, 0.15) is 50.8 Å². The molecular formula is C15H24. The first-order chi connectivity index (χ1) is 6.75. The molecule has 0 N–H and O–H groups in total. The highest BCUT2D eigenvalue weighted by molar-refractivity contribution is 5.33. The summed E-state index contributed by atoms with van der Waals surface area (Å²) in [5.74, 6) is 0.775. The van der Waals surface area contributed by atoms with Crippen LogP contribution in [0.4, 0.5) is 0 Å². The molecule has 0 fully saturated rings. The van der Waals surface area contributed by atoms with E-state index in [1.807, 2.05) is 0 Å². The van der Waals surface area contributed by atoms with Gasteiger partial charge in [-0.1, -0.05) is 39.5 Å². The van der Waals surface area contributed by atoms with Crippen molar-refractivity contribution in [3.8, 4) is 0 Å². The van der Waals surface area contributed by atoms with Gasteiger partial charge in [-0.2, -0.15) is 0 Å². The second kappa shape index (κ2) is 5.34. The molecule has 1 aliphatic carbocycles. The molecule has 0 aromatic heterocycles. The van der Waals surface area contributed by atoms with Crippen molar-refractivity contribution in [2.75, 3.05) is 0 Å². The molecule has 2 rings (SSSR count). The summed E-state index contributed by atoms with van der Waals surface area (Å²) < 4.78 is 0. The summed E-state index contributed by atoms with van der Waals surface area (Å²) in [5.41, 5.74) is 4.75. The zero-order chi connectivity index (χ0) is 9.97. The molecule has 15 heavy (non-hydrogen) atoms. The van der Waals surface area contributed by atoms with Crippen LogP contribution in [0, 0.1) is 5.92 Å². The third-order valence-electron chi connectivity index (χ3n) is 3.06. The third-order valence-corrected chi connectivity index (χ3v) is 3.06. The number of hydrogen-bond acceptors (Lipinski definition) is 0. The number of aryl methyl sites for hydroxylation is 2. The third kappa shape index (κ3) is 3.09. The second-order valence-electron chi connectivity index (χ2n) is 4.91. The van der Waals surface area contributed by atoms with E-state index in [0.717, 1.165) is 5.92 Å². The van der Waals surface area contributed by atoms with Crippen LogP contribution in [0.15, 0.2) is 18.2 Å². The van der Waals surface area contributed by atoms with Crippen LogP contribution in [0.5, 0.6) is 0 Å². The number of benzene rings is 1. The minimum Gasteiger partial charge on any atom is -0.0776 e. The smallest absolute Gasteiger partial charge is 0.0256 e. The van der Waals surface area contributed by atoms with E-state index >= 15 is 0 Å². The van der Waals surface area contributed by atoms with Gasteiger partial charge in [0.2, 0.25) is 0 Å². The molecule has 0 spiro atoms. The average molecular weight is 204 g/mol. The van der Waals surface area contributed by atoms with Crippen molar-refractivity contribution < 1.29 is 0 Å². The highest BCUT2D eigenvalue weighted by Crippen LogP contribution is 2.23. The van der Waals surface area contributed by atoms with E-state index in [1.165, 1.54) is 37.7 Å². The van der Waals surface area contributed by atoms with Gasteiger partial charge in [-0.25, -0.2) is 0 Å². The largest absolute Gasteiger partial charge is 0.0776 e. The predicted molar refractivity (Wildman–Crippen MR) is 68.4 cm³/mol. The maximum Gasteiger partial charge on any atom is -0.0256 e. The first kappa shape index (κ1) is 12.3. The van der Waals surface area contributed by atoms with Gasteiger partial charge in [0, 0.05) is 0 Å². The first-order valence-corrected chi connectivity index (χ1v) is 5.86. The van der Waals surface area contributed by atoms with Gasteiger partial charge in [0.05, 0.1) is 0 Å². The lowest BCUT2D eigenvalue weighted by Gasteiger charge is -2.17. The highest BCUT2D eigenvalue weighted by atomic mass is 14.1. The summed E-state index contributed by atoms with van der Waals surface area (Å²) in [6, 6.07) is 7.12. The second-order valence-corrected chi connectivity index (χ2v) is 4.91. The molecule has 1 aromatic rings. The molecule has 0 amide bonds. The molecule has 1 aliphatic rings. The lowest BCUT2D eigenvalue weighted by Crippen LogP contribution is -2.04. The topological polar surface area (TPSA) is 0 Å². The zero-order valence-corrected chi connectivity index (χ0v) is 9.34. The van der Waals surface area contributed by atoms with Crippen LogP contribution >= 0.6 is 0 Å². The maximum atomic E-state index is 2.44. The van der Waals surface area contributed by atoms with Crippen LogP contribution in [0.2, 0.25) is 0 Å². The Morgan fingerprint density at radius 2 is 1.73 bits per heavy atom. The van der Waals surface area contributed by atoms with Crippen molar-refractivity contribution in [2.45, 2.75) is 53.4 Å².